The van der Waals surface area contributed by atoms with Crippen LogP contribution in [-0.2, 0) is 6.54 Å². The number of nitrogens with zero attached hydrogens (tertiary/aromatic N) is 2. The molecule has 0 aromatic carbocycles. The van der Waals surface area contributed by atoms with Crippen LogP contribution in [0.3, 0.4) is 0 Å². The Kier molecular flexibility index (Phi) is 4.52. The third-order valence-electron chi connectivity index (χ3n) is 4.26. The van der Waals surface area contributed by atoms with E-state index in [0.29, 0.717) is 17.9 Å². The summed E-state index contributed by atoms with van der Waals surface area (Å²) < 4.78 is 1.49. The summed E-state index contributed by atoms with van der Waals surface area (Å²) in [5.74, 6) is 0.709. The summed E-state index contributed by atoms with van der Waals surface area (Å²) in [6, 6.07) is 1.35. The Balaban J connectivity index is 2.35. The number of hydrogen-bond donors (Lipinski definition) is 1. The van der Waals surface area contributed by atoms with Gasteiger partial charge in [0.1, 0.15) is 0 Å². The van der Waals surface area contributed by atoms with Crippen LogP contribution < -0.4 is 5.56 Å². The number of hydrogen-bond acceptors (Lipinski definition) is 4. The van der Waals surface area contributed by atoms with Crippen molar-refractivity contribution < 1.29 is 4.92 Å². The molecule has 1 saturated carbocycles. The minimum atomic E-state index is -0.431. The number of aromatic nitrogens is 1. The first-order valence-electron chi connectivity index (χ1n) is 6.94. The van der Waals surface area contributed by atoms with E-state index >= 15 is 0 Å². The Hall–Kier alpha value is -1.30. The van der Waals surface area contributed by atoms with Crippen molar-refractivity contribution in [3.05, 3.63) is 38.3 Å². The lowest BCUT2D eigenvalue weighted by atomic mass is 9.75. The minimum absolute atomic E-state index is 0.00564. The number of nitro groups is 1. The van der Waals surface area contributed by atoms with Gasteiger partial charge in [-0.15, -0.1) is 0 Å². The van der Waals surface area contributed by atoms with Gasteiger partial charge in [-0.1, -0.05) is 19.3 Å². The monoisotopic (exact) mass is 296 g/mol. The van der Waals surface area contributed by atoms with Crippen molar-refractivity contribution in [3.8, 4) is 0 Å². The van der Waals surface area contributed by atoms with Gasteiger partial charge in [-0.2, -0.15) is 12.6 Å². The molecule has 20 heavy (non-hydrogen) atoms. The molecule has 5 nitrogen and oxygen atoms in total. The van der Waals surface area contributed by atoms with Crippen LogP contribution in [-0.4, -0.2) is 15.2 Å². The van der Waals surface area contributed by atoms with Gasteiger partial charge in [0.05, 0.1) is 11.1 Å². The van der Waals surface area contributed by atoms with Crippen molar-refractivity contribution in [1.82, 2.24) is 4.57 Å². The highest BCUT2D eigenvalue weighted by Gasteiger charge is 2.31. The molecule has 0 saturated heterocycles. The second-order valence-electron chi connectivity index (χ2n) is 5.78. The molecule has 1 aliphatic rings. The fraction of sp³-hybridized carbons (Fsp3) is 0.643. The number of thiol groups is 1. The summed E-state index contributed by atoms with van der Waals surface area (Å²) in [6.45, 7) is 2.12. The summed E-state index contributed by atoms with van der Waals surface area (Å²) in [5, 5.41) is 11.0. The molecule has 1 aromatic rings. The van der Waals surface area contributed by atoms with Crippen LogP contribution >= 0.6 is 12.6 Å². The molecule has 6 heteroatoms. The highest BCUT2D eigenvalue weighted by Crippen LogP contribution is 2.38. The minimum Gasteiger partial charge on any atom is -0.308 e. The third kappa shape index (κ3) is 3.06. The van der Waals surface area contributed by atoms with Gasteiger partial charge in [0.25, 0.3) is 11.2 Å². The highest BCUT2D eigenvalue weighted by molar-refractivity contribution is 7.80. The molecular weight excluding hydrogens is 276 g/mol. The zero-order chi connectivity index (χ0) is 14.8. The largest absolute Gasteiger partial charge is 0.308 e. The Labute approximate surface area is 123 Å². The predicted octanol–water partition coefficient (Wildman–Crippen LogP) is 2.95. The molecule has 0 bridgehead atoms. The predicted molar refractivity (Wildman–Crippen MR) is 81.5 cm³/mol. The summed E-state index contributed by atoms with van der Waals surface area (Å²) in [6.07, 6.45) is 6.96. The number of aryl methyl sites for hydroxylation is 1. The Morgan fingerprint density at radius 1 is 1.40 bits per heavy atom. The van der Waals surface area contributed by atoms with Gasteiger partial charge in [0.2, 0.25) is 0 Å². The van der Waals surface area contributed by atoms with Crippen LogP contribution in [0.2, 0.25) is 0 Å². The van der Waals surface area contributed by atoms with E-state index in [4.69, 9.17) is 0 Å². The Morgan fingerprint density at radius 3 is 2.60 bits per heavy atom. The van der Waals surface area contributed by atoms with Crippen molar-refractivity contribution in [1.29, 1.82) is 0 Å². The average Bonchev–Trinajstić information content (AvgIpc) is 2.42. The maximum absolute atomic E-state index is 12.1. The second kappa shape index (κ2) is 5.99. The molecule has 110 valence electrons. The number of pyridine rings is 1. The topological polar surface area (TPSA) is 65.1 Å². The Bertz CT molecular complexity index is 562. The van der Waals surface area contributed by atoms with Crippen LogP contribution in [0.25, 0.3) is 0 Å². The first kappa shape index (κ1) is 15.1. The molecule has 1 fully saturated rings. The quantitative estimate of drug-likeness (QED) is 0.528. The van der Waals surface area contributed by atoms with Crippen molar-refractivity contribution in [3.63, 3.8) is 0 Å². The van der Waals surface area contributed by atoms with Crippen molar-refractivity contribution in [2.24, 2.45) is 5.41 Å². The third-order valence-corrected chi connectivity index (χ3v) is 4.93. The lowest BCUT2D eigenvalue weighted by Gasteiger charge is -2.36. The van der Waals surface area contributed by atoms with Crippen LogP contribution in [0.15, 0.2) is 17.1 Å². The fourth-order valence-corrected chi connectivity index (χ4v) is 3.42. The number of rotatable bonds is 4. The van der Waals surface area contributed by atoms with E-state index in [1.807, 2.05) is 0 Å². The lowest BCUT2D eigenvalue weighted by molar-refractivity contribution is -0.386. The van der Waals surface area contributed by atoms with E-state index in [0.717, 1.165) is 25.7 Å². The molecular formula is C14H20N2O3S. The molecule has 0 unspecified atom stereocenters. The summed E-state index contributed by atoms with van der Waals surface area (Å²) in [7, 11) is 0. The van der Waals surface area contributed by atoms with Gasteiger partial charge in [-0.25, -0.2) is 0 Å². The molecule has 0 aliphatic heterocycles. The van der Waals surface area contributed by atoms with Gasteiger partial charge in [-0.05, 0) is 30.9 Å². The maximum Gasteiger partial charge on any atom is 0.288 e. The molecule has 2 rings (SSSR count). The molecule has 0 spiro atoms. The Morgan fingerprint density at radius 2 is 2.05 bits per heavy atom. The second-order valence-corrected chi connectivity index (χ2v) is 6.10. The van der Waals surface area contributed by atoms with Gasteiger partial charge < -0.3 is 4.57 Å². The average molecular weight is 296 g/mol. The van der Waals surface area contributed by atoms with Crippen molar-refractivity contribution in [2.75, 3.05) is 5.75 Å². The molecule has 0 N–H and O–H groups in total. The lowest BCUT2D eigenvalue weighted by Crippen LogP contribution is -2.35. The van der Waals surface area contributed by atoms with Crippen LogP contribution in [0.5, 0.6) is 0 Å². The van der Waals surface area contributed by atoms with E-state index in [1.54, 1.807) is 6.92 Å². The first-order valence-corrected chi connectivity index (χ1v) is 7.57. The summed E-state index contributed by atoms with van der Waals surface area (Å²) >= 11 is 4.45. The van der Waals surface area contributed by atoms with E-state index in [1.165, 1.54) is 23.3 Å². The molecule has 1 heterocycles. The molecule has 0 amide bonds. The van der Waals surface area contributed by atoms with Gasteiger partial charge in [0, 0.05) is 18.2 Å². The maximum atomic E-state index is 12.1. The molecule has 1 aromatic heterocycles. The zero-order valence-electron chi connectivity index (χ0n) is 11.7. The SMILES string of the molecule is Cc1cc(=O)n(CC2(CS)CCCCC2)cc1[N+](=O)[O-]. The normalized spacial score (nSPS) is 17.9. The van der Waals surface area contributed by atoms with Crippen LogP contribution in [0, 0.1) is 22.5 Å². The van der Waals surface area contributed by atoms with Crippen LogP contribution in [0.4, 0.5) is 5.69 Å². The summed E-state index contributed by atoms with van der Waals surface area (Å²) in [5.41, 5.74) is 0.253. The van der Waals surface area contributed by atoms with E-state index in [9.17, 15) is 14.9 Å². The van der Waals surface area contributed by atoms with Gasteiger partial charge in [-0.3, -0.25) is 14.9 Å². The highest BCUT2D eigenvalue weighted by atomic mass is 32.1. The van der Waals surface area contributed by atoms with Gasteiger partial charge >= 0.3 is 0 Å². The van der Waals surface area contributed by atoms with Gasteiger partial charge in [0.15, 0.2) is 0 Å². The van der Waals surface area contributed by atoms with E-state index < -0.39 is 4.92 Å². The van der Waals surface area contributed by atoms with E-state index in [2.05, 4.69) is 12.6 Å². The molecule has 0 radical (unpaired) electrons. The molecule has 1 aliphatic carbocycles. The fourth-order valence-electron chi connectivity index (χ4n) is 3.00. The van der Waals surface area contributed by atoms with E-state index in [-0.39, 0.29) is 16.7 Å². The van der Waals surface area contributed by atoms with Crippen LogP contribution in [0.1, 0.15) is 37.7 Å². The standard InChI is InChI=1S/C14H20N2O3S/c1-11-7-13(17)15(8-12(11)16(18)19)9-14(10-20)5-3-2-4-6-14/h7-8,20H,2-6,9-10H2,1H3. The zero-order valence-corrected chi connectivity index (χ0v) is 12.6. The van der Waals surface area contributed by atoms with Crippen molar-refractivity contribution in [2.45, 2.75) is 45.6 Å². The summed E-state index contributed by atoms with van der Waals surface area (Å²) in [4.78, 5) is 22.6. The smallest absolute Gasteiger partial charge is 0.288 e. The molecule has 0 atom stereocenters. The van der Waals surface area contributed by atoms with Crippen molar-refractivity contribution >= 4 is 18.3 Å². The first-order chi connectivity index (χ1) is 9.47.